The van der Waals surface area contributed by atoms with Crippen LogP contribution in [-0.2, 0) is 25.9 Å². The van der Waals surface area contributed by atoms with Crippen molar-refractivity contribution in [1.82, 2.24) is 24.4 Å². The van der Waals surface area contributed by atoms with Crippen LogP contribution in [0.15, 0.2) is 6.07 Å². The zero-order chi connectivity index (χ0) is 19.3. The number of hydrogen-bond acceptors (Lipinski definition) is 6. The van der Waals surface area contributed by atoms with Gasteiger partial charge in [0.25, 0.3) is 5.91 Å². The Bertz CT molecular complexity index is 1070. The number of thiazole rings is 1. The molecule has 0 spiro atoms. The summed E-state index contributed by atoms with van der Waals surface area (Å²) in [6.45, 7) is 4.77. The molecule has 1 N–H and O–H groups in total. The van der Waals surface area contributed by atoms with Crippen molar-refractivity contribution < 1.29 is 4.79 Å². The molecule has 2 aliphatic heterocycles. The minimum absolute atomic E-state index is 0.150. The Balaban J connectivity index is 1.49. The minimum atomic E-state index is -0.150. The first-order valence-corrected chi connectivity index (χ1v) is 10.8. The number of nitrogens with zero attached hydrogens (tertiary/aromatic N) is 5. The average Bonchev–Trinajstić information content (AvgIpc) is 3.12. The van der Waals surface area contributed by atoms with Crippen LogP contribution in [-0.4, -0.2) is 43.9 Å². The molecule has 0 atom stereocenters. The van der Waals surface area contributed by atoms with E-state index in [1.807, 2.05) is 13.0 Å². The first-order chi connectivity index (χ1) is 13.6. The number of nitrogens with one attached hydrogen (secondary N) is 1. The van der Waals surface area contributed by atoms with Gasteiger partial charge in [-0.2, -0.15) is 0 Å². The quantitative estimate of drug-likeness (QED) is 0.720. The maximum Gasteiger partial charge on any atom is 0.259 e. The van der Waals surface area contributed by atoms with Crippen LogP contribution < -0.4 is 5.32 Å². The average molecular weight is 397 g/mol. The van der Waals surface area contributed by atoms with Crippen LogP contribution in [0.5, 0.6) is 0 Å². The summed E-state index contributed by atoms with van der Waals surface area (Å²) in [5, 5.41) is 3.69. The molecule has 0 bridgehead atoms. The highest BCUT2D eigenvalue weighted by Gasteiger charge is 2.23. The summed E-state index contributed by atoms with van der Waals surface area (Å²) in [5.41, 5.74) is 4.09. The van der Waals surface area contributed by atoms with Gasteiger partial charge in [-0.3, -0.25) is 10.1 Å². The summed E-state index contributed by atoms with van der Waals surface area (Å²) in [4.78, 5) is 30.8. The molecule has 8 heteroatoms. The molecule has 0 unspecified atom stereocenters. The monoisotopic (exact) mass is 396 g/mol. The predicted octanol–water partition coefficient (Wildman–Crippen LogP) is 3.16. The lowest BCUT2D eigenvalue weighted by Gasteiger charge is -2.20. The normalized spacial score (nSPS) is 17.2. The molecule has 0 radical (unpaired) electrons. The van der Waals surface area contributed by atoms with Crippen LogP contribution in [0.3, 0.4) is 0 Å². The van der Waals surface area contributed by atoms with Crippen molar-refractivity contribution in [3.8, 4) is 0 Å². The standard InChI is InChI=1S/C20H24N6OS/c1-12-10-13(17-18(21-12)26-8-5-3-4-6-16(26)23-17)19(27)24-20-22-14-7-9-25(2)11-15(14)28-20/h10H,3-9,11H2,1-2H3,(H,22,24,27). The second-order valence-electron chi connectivity index (χ2n) is 7.80. The van der Waals surface area contributed by atoms with Crippen LogP contribution in [0, 0.1) is 6.92 Å². The van der Waals surface area contributed by atoms with E-state index in [0.29, 0.717) is 16.2 Å². The van der Waals surface area contributed by atoms with Crippen molar-refractivity contribution in [2.45, 2.75) is 52.1 Å². The van der Waals surface area contributed by atoms with Gasteiger partial charge in [-0.1, -0.05) is 6.42 Å². The number of aromatic nitrogens is 4. The minimum Gasteiger partial charge on any atom is -0.313 e. The van der Waals surface area contributed by atoms with Crippen LogP contribution in [0.25, 0.3) is 11.2 Å². The summed E-state index contributed by atoms with van der Waals surface area (Å²) in [6, 6.07) is 1.84. The van der Waals surface area contributed by atoms with E-state index in [-0.39, 0.29) is 5.91 Å². The molecule has 0 saturated heterocycles. The van der Waals surface area contributed by atoms with Gasteiger partial charge >= 0.3 is 0 Å². The lowest BCUT2D eigenvalue weighted by atomic mass is 10.2. The Morgan fingerprint density at radius 1 is 1.14 bits per heavy atom. The topological polar surface area (TPSA) is 75.9 Å². The van der Waals surface area contributed by atoms with E-state index >= 15 is 0 Å². The van der Waals surface area contributed by atoms with Gasteiger partial charge in [-0.15, -0.1) is 11.3 Å². The van der Waals surface area contributed by atoms with Gasteiger partial charge in [-0.05, 0) is 32.9 Å². The van der Waals surface area contributed by atoms with E-state index in [9.17, 15) is 4.79 Å². The van der Waals surface area contributed by atoms with Crippen LogP contribution in [0.4, 0.5) is 5.13 Å². The second-order valence-corrected chi connectivity index (χ2v) is 8.89. The molecule has 2 aliphatic rings. The summed E-state index contributed by atoms with van der Waals surface area (Å²) in [6.07, 6.45) is 5.37. The van der Waals surface area contributed by atoms with Crippen molar-refractivity contribution in [3.05, 3.63) is 33.7 Å². The van der Waals surface area contributed by atoms with E-state index < -0.39 is 0 Å². The second kappa shape index (κ2) is 6.93. The maximum atomic E-state index is 13.1. The molecule has 1 amide bonds. The number of carbonyl (C=O) groups is 1. The van der Waals surface area contributed by atoms with Crippen molar-refractivity contribution in [1.29, 1.82) is 0 Å². The Morgan fingerprint density at radius 3 is 2.93 bits per heavy atom. The van der Waals surface area contributed by atoms with E-state index in [4.69, 9.17) is 9.97 Å². The highest BCUT2D eigenvalue weighted by Crippen LogP contribution is 2.29. The highest BCUT2D eigenvalue weighted by atomic mass is 32.1. The summed E-state index contributed by atoms with van der Waals surface area (Å²) in [7, 11) is 2.11. The third-order valence-corrected chi connectivity index (χ3v) is 6.58. The van der Waals surface area contributed by atoms with E-state index in [1.165, 1.54) is 11.3 Å². The molecule has 0 aromatic carbocycles. The fourth-order valence-corrected chi connectivity index (χ4v) is 5.21. The third kappa shape index (κ3) is 3.10. The summed E-state index contributed by atoms with van der Waals surface area (Å²) in [5.74, 6) is 0.899. The number of carbonyl (C=O) groups excluding carboxylic acids is 1. The molecular weight excluding hydrogens is 372 g/mol. The zero-order valence-electron chi connectivity index (χ0n) is 16.3. The number of hydrogen-bond donors (Lipinski definition) is 1. The van der Waals surface area contributed by atoms with Crippen LogP contribution in [0.1, 0.15) is 51.7 Å². The Kier molecular flexibility index (Phi) is 4.40. The number of pyridine rings is 1. The Labute approximate surface area is 167 Å². The van der Waals surface area contributed by atoms with Gasteiger partial charge in [0, 0.05) is 43.0 Å². The van der Waals surface area contributed by atoms with Gasteiger partial charge < -0.3 is 9.47 Å². The smallest absolute Gasteiger partial charge is 0.259 e. The van der Waals surface area contributed by atoms with Gasteiger partial charge in [0.1, 0.15) is 11.3 Å². The largest absolute Gasteiger partial charge is 0.313 e. The zero-order valence-corrected chi connectivity index (χ0v) is 17.1. The molecule has 146 valence electrons. The maximum absolute atomic E-state index is 13.1. The number of aryl methyl sites for hydroxylation is 3. The molecule has 0 aliphatic carbocycles. The Hall–Kier alpha value is -2.32. The molecule has 5 heterocycles. The SMILES string of the molecule is Cc1cc(C(=O)Nc2nc3c(s2)CN(C)CC3)c2nc3n(c2n1)CCCCC3. The predicted molar refractivity (Wildman–Crippen MR) is 110 cm³/mol. The lowest BCUT2D eigenvalue weighted by molar-refractivity contribution is 0.102. The number of likely N-dealkylation sites (N-methyl/N-ethyl adjacent to an activating group) is 1. The Morgan fingerprint density at radius 2 is 2.04 bits per heavy atom. The fraction of sp³-hybridized carbons (Fsp3) is 0.500. The van der Waals surface area contributed by atoms with E-state index in [0.717, 1.165) is 68.2 Å². The number of imidazole rings is 1. The number of fused-ring (bicyclic) bond motifs is 4. The molecule has 28 heavy (non-hydrogen) atoms. The van der Waals surface area contributed by atoms with Gasteiger partial charge in [0.15, 0.2) is 10.8 Å². The van der Waals surface area contributed by atoms with Crippen molar-refractivity contribution >= 4 is 33.5 Å². The number of amides is 1. The van der Waals surface area contributed by atoms with Crippen LogP contribution in [0.2, 0.25) is 0 Å². The van der Waals surface area contributed by atoms with Crippen molar-refractivity contribution in [2.75, 3.05) is 18.9 Å². The highest BCUT2D eigenvalue weighted by molar-refractivity contribution is 7.15. The number of anilines is 1. The third-order valence-electron chi connectivity index (χ3n) is 5.58. The number of rotatable bonds is 2. The van der Waals surface area contributed by atoms with E-state index in [1.54, 1.807) is 11.3 Å². The molecule has 3 aromatic rings. The van der Waals surface area contributed by atoms with E-state index in [2.05, 4.69) is 26.8 Å². The molecular formula is C20H24N6OS. The summed E-state index contributed by atoms with van der Waals surface area (Å²) >= 11 is 1.58. The first kappa shape index (κ1) is 17.8. The molecule has 3 aromatic heterocycles. The molecule has 0 fully saturated rings. The lowest BCUT2D eigenvalue weighted by Crippen LogP contribution is -2.25. The fourth-order valence-electron chi connectivity index (χ4n) is 4.13. The first-order valence-electron chi connectivity index (χ1n) is 9.94. The molecule has 0 saturated carbocycles. The summed E-state index contributed by atoms with van der Waals surface area (Å²) < 4.78 is 2.20. The molecule has 7 nitrogen and oxygen atoms in total. The van der Waals surface area contributed by atoms with Gasteiger partial charge in [-0.25, -0.2) is 15.0 Å². The van der Waals surface area contributed by atoms with Gasteiger partial charge in [0.05, 0.1) is 11.3 Å². The van der Waals surface area contributed by atoms with Crippen molar-refractivity contribution in [3.63, 3.8) is 0 Å². The van der Waals surface area contributed by atoms with Crippen LogP contribution >= 0.6 is 11.3 Å². The van der Waals surface area contributed by atoms with Crippen molar-refractivity contribution in [2.24, 2.45) is 0 Å². The van der Waals surface area contributed by atoms with Gasteiger partial charge in [0.2, 0.25) is 0 Å². The molecule has 5 rings (SSSR count).